The standard InChI is InChI=1S/C11H8ClN5/c12-9-5-4-7(6-14-9)8-2-1-3-10-15-11(13)16-17(8)10/h1-6H,(H2,13,16). The molecule has 2 N–H and O–H groups in total. The zero-order valence-electron chi connectivity index (χ0n) is 8.71. The van der Waals surface area contributed by atoms with E-state index in [9.17, 15) is 0 Å². The third kappa shape index (κ3) is 1.70. The predicted molar refractivity (Wildman–Crippen MR) is 65.6 cm³/mol. The maximum atomic E-state index is 5.76. The highest BCUT2D eigenvalue weighted by Crippen LogP contribution is 2.20. The number of hydrogen-bond donors (Lipinski definition) is 1. The first-order valence-corrected chi connectivity index (χ1v) is 5.35. The highest BCUT2D eigenvalue weighted by Gasteiger charge is 2.07. The molecule has 0 aliphatic rings. The number of anilines is 1. The van der Waals surface area contributed by atoms with Crippen molar-refractivity contribution in [2.24, 2.45) is 0 Å². The lowest BCUT2D eigenvalue weighted by Gasteiger charge is -2.03. The molecule has 0 saturated carbocycles. The summed E-state index contributed by atoms with van der Waals surface area (Å²) in [6.45, 7) is 0. The van der Waals surface area contributed by atoms with Gasteiger partial charge in [-0.05, 0) is 24.3 Å². The van der Waals surface area contributed by atoms with Crippen LogP contribution < -0.4 is 5.73 Å². The minimum absolute atomic E-state index is 0.249. The van der Waals surface area contributed by atoms with Crippen molar-refractivity contribution < 1.29 is 0 Å². The summed E-state index contributed by atoms with van der Waals surface area (Å²) in [6, 6.07) is 9.27. The quantitative estimate of drug-likeness (QED) is 0.666. The molecular formula is C11H8ClN5. The Bertz CT molecular complexity index is 674. The number of rotatable bonds is 1. The normalized spacial score (nSPS) is 10.9. The molecule has 0 fully saturated rings. The summed E-state index contributed by atoms with van der Waals surface area (Å²) < 4.78 is 1.68. The van der Waals surface area contributed by atoms with Crippen LogP contribution in [0.1, 0.15) is 0 Å². The minimum Gasteiger partial charge on any atom is -0.366 e. The highest BCUT2D eigenvalue weighted by molar-refractivity contribution is 6.29. The van der Waals surface area contributed by atoms with Crippen molar-refractivity contribution >= 4 is 23.2 Å². The molecule has 0 atom stereocenters. The van der Waals surface area contributed by atoms with Gasteiger partial charge in [-0.25, -0.2) is 9.50 Å². The SMILES string of the molecule is Nc1nc2cccc(-c3ccc(Cl)nc3)n2n1. The van der Waals surface area contributed by atoms with Crippen molar-refractivity contribution in [1.82, 2.24) is 19.6 Å². The monoisotopic (exact) mass is 245 g/mol. The van der Waals surface area contributed by atoms with Crippen molar-refractivity contribution in [3.05, 3.63) is 41.7 Å². The Morgan fingerprint density at radius 2 is 2.06 bits per heavy atom. The number of halogens is 1. The Balaban J connectivity index is 2.26. The summed E-state index contributed by atoms with van der Waals surface area (Å²) in [5.74, 6) is 0.249. The molecular weight excluding hydrogens is 238 g/mol. The van der Waals surface area contributed by atoms with Gasteiger partial charge in [0, 0.05) is 11.8 Å². The van der Waals surface area contributed by atoms with Crippen LogP contribution in [0.3, 0.4) is 0 Å². The number of pyridine rings is 2. The Labute approximate surface area is 102 Å². The van der Waals surface area contributed by atoms with Crippen molar-refractivity contribution in [2.75, 3.05) is 5.73 Å². The van der Waals surface area contributed by atoms with Crippen LogP contribution in [0.5, 0.6) is 0 Å². The third-order valence-corrected chi connectivity index (χ3v) is 2.62. The van der Waals surface area contributed by atoms with Crippen LogP contribution in [0.25, 0.3) is 16.9 Å². The number of nitrogens with two attached hydrogens (primary N) is 1. The van der Waals surface area contributed by atoms with Crippen molar-refractivity contribution in [2.45, 2.75) is 0 Å². The third-order valence-electron chi connectivity index (χ3n) is 2.40. The lowest BCUT2D eigenvalue weighted by molar-refractivity contribution is 0.975. The summed E-state index contributed by atoms with van der Waals surface area (Å²) in [6.07, 6.45) is 1.69. The molecule has 3 aromatic rings. The summed E-state index contributed by atoms with van der Waals surface area (Å²) in [4.78, 5) is 8.14. The van der Waals surface area contributed by atoms with Crippen molar-refractivity contribution in [3.8, 4) is 11.3 Å². The molecule has 0 unspecified atom stereocenters. The molecule has 0 amide bonds. The largest absolute Gasteiger partial charge is 0.366 e. The van der Waals surface area contributed by atoms with E-state index in [0.29, 0.717) is 10.8 Å². The topological polar surface area (TPSA) is 69.1 Å². The lowest BCUT2D eigenvalue weighted by Crippen LogP contribution is -1.95. The Hall–Kier alpha value is -2.14. The van der Waals surface area contributed by atoms with Gasteiger partial charge in [0.1, 0.15) is 5.15 Å². The number of nitrogens with zero attached hydrogens (tertiary/aromatic N) is 4. The molecule has 17 heavy (non-hydrogen) atoms. The van der Waals surface area contributed by atoms with Crippen LogP contribution in [0.2, 0.25) is 5.15 Å². The summed E-state index contributed by atoms with van der Waals surface area (Å²) in [7, 11) is 0. The van der Waals surface area contributed by atoms with E-state index in [1.807, 2.05) is 24.3 Å². The van der Waals surface area contributed by atoms with Crippen molar-refractivity contribution in [1.29, 1.82) is 0 Å². The second-order valence-electron chi connectivity index (χ2n) is 3.52. The summed E-state index contributed by atoms with van der Waals surface area (Å²) in [5, 5.41) is 4.59. The van der Waals surface area contributed by atoms with Gasteiger partial charge in [0.05, 0.1) is 5.69 Å². The van der Waals surface area contributed by atoms with Crippen LogP contribution in [-0.4, -0.2) is 19.6 Å². The van der Waals surface area contributed by atoms with Crippen molar-refractivity contribution in [3.63, 3.8) is 0 Å². The molecule has 84 valence electrons. The smallest absolute Gasteiger partial charge is 0.240 e. The van der Waals surface area contributed by atoms with E-state index in [4.69, 9.17) is 17.3 Å². The molecule has 5 nitrogen and oxygen atoms in total. The van der Waals surface area contributed by atoms with Gasteiger partial charge in [-0.2, -0.15) is 4.98 Å². The first-order chi connectivity index (χ1) is 8.24. The van der Waals surface area contributed by atoms with Gasteiger partial charge in [0.25, 0.3) is 0 Å². The van der Waals surface area contributed by atoms with Gasteiger partial charge < -0.3 is 5.73 Å². The summed E-state index contributed by atoms with van der Waals surface area (Å²) >= 11 is 5.76. The van der Waals surface area contributed by atoms with Crippen LogP contribution in [0, 0.1) is 0 Å². The molecule has 0 aliphatic carbocycles. The highest BCUT2D eigenvalue weighted by atomic mass is 35.5. The maximum absolute atomic E-state index is 5.76. The molecule has 0 radical (unpaired) electrons. The van der Waals surface area contributed by atoms with E-state index in [-0.39, 0.29) is 5.95 Å². The Kier molecular flexibility index (Phi) is 2.19. The molecule has 0 bridgehead atoms. The number of fused-ring (bicyclic) bond motifs is 1. The van der Waals surface area contributed by atoms with Crippen LogP contribution in [0.4, 0.5) is 5.95 Å². The first-order valence-electron chi connectivity index (χ1n) is 4.97. The van der Waals surface area contributed by atoms with Gasteiger partial charge >= 0.3 is 0 Å². The van der Waals surface area contributed by atoms with Crippen LogP contribution in [-0.2, 0) is 0 Å². The van der Waals surface area contributed by atoms with E-state index in [2.05, 4.69) is 15.1 Å². The Morgan fingerprint density at radius 3 is 2.82 bits per heavy atom. The average molecular weight is 246 g/mol. The molecule has 0 saturated heterocycles. The molecule has 3 rings (SSSR count). The fourth-order valence-corrected chi connectivity index (χ4v) is 1.78. The molecule has 3 heterocycles. The van der Waals surface area contributed by atoms with Gasteiger partial charge in [0.15, 0.2) is 5.65 Å². The molecule has 6 heteroatoms. The Morgan fingerprint density at radius 1 is 1.18 bits per heavy atom. The zero-order valence-corrected chi connectivity index (χ0v) is 9.46. The van der Waals surface area contributed by atoms with Gasteiger partial charge in [-0.3, -0.25) is 0 Å². The van der Waals surface area contributed by atoms with E-state index in [0.717, 1.165) is 11.3 Å². The average Bonchev–Trinajstić information content (AvgIpc) is 2.70. The van der Waals surface area contributed by atoms with Gasteiger partial charge in [-0.1, -0.05) is 17.7 Å². The zero-order chi connectivity index (χ0) is 11.8. The fraction of sp³-hybridized carbons (Fsp3) is 0. The maximum Gasteiger partial charge on any atom is 0.240 e. The number of aromatic nitrogens is 4. The number of hydrogen-bond acceptors (Lipinski definition) is 4. The van der Waals surface area contributed by atoms with Crippen LogP contribution >= 0.6 is 11.6 Å². The second-order valence-corrected chi connectivity index (χ2v) is 3.91. The number of nitrogen functional groups attached to an aromatic ring is 1. The predicted octanol–water partition coefficient (Wildman–Crippen LogP) is 2.03. The van der Waals surface area contributed by atoms with Crippen LogP contribution in [0.15, 0.2) is 36.5 Å². The van der Waals surface area contributed by atoms with E-state index < -0.39 is 0 Å². The fourth-order valence-electron chi connectivity index (χ4n) is 1.67. The first kappa shape index (κ1) is 10.0. The van der Waals surface area contributed by atoms with Gasteiger partial charge in [0.2, 0.25) is 5.95 Å². The molecule has 3 aromatic heterocycles. The summed E-state index contributed by atoms with van der Waals surface area (Å²) in [5.41, 5.74) is 8.06. The van der Waals surface area contributed by atoms with E-state index >= 15 is 0 Å². The second kappa shape index (κ2) is 3.71. The van der Waals surface area contributed by atoms with E-state index in [1.54, 1.807) is 16.8 Å². The lowest BCUT2D eigenvalue weighted by atomic mass is 10.2. The van der Waals surface area contributed by atoms with E-state index in [1.165, 1.54) is 0 Å². The molecule has 0 aromatic carbocycles. The molecule has 0 aliphatic heterocycles. The molecule has 0 spiro atoms. The minimum atomic E-state index is 0.249. The van der Waals surface area contributed by atoms with Gasteiger partial charge in [-0.15, -0.1) is 5.10 Å².